The molecule has 2 N–H and O–H groups in total. The standard InChI is InChI=1S/C21H23NO.C4H4O4/c1-2-5-17(6-3-1)19-7-4-8-20-18(9-10-21(19)20)11-12-22-13-15-23-16-14-22;5-3(6)1-2-4(7)8/h1-9H,10-16H2;1-2H,(H,5,6)(H,7,8). The minimum absolute atomic E-state index is 0.558. The highest BCUT2D eigenvalue weighted by molar-refractivity contribution is 5.89. The average Bonchev–Trinajstić information content (AvgIpc) is 3.21. The maximum absolute atomic E-state index is 9.55. The fraction of sp³-hybridized carbons (Fsp3) is 0.280. The Bertz CT molecular complexity index is 943. The zero-order valence-electron chi connectivity index (χ0n) is 17.4. The first-order valence-corrected chi connectivity index (χ1v) is 10.4. The van der Waals surface area contributed by atoms with Gasteiger partial charge in [0, 0.05) is 31.8 Å². The number of carboxylic acids is 2. The van der Waals surface area contributed by atoms with Crippen LogP contribution in [0.3, 0.4) is 0 Å². The third-order valence-electron chi connectivity index (χ3n) is 5.33. The summed E-state index contributed by atoms with van der Waals surface area (Å²) in [6, 6.07) is 17.5. The molecule has 6 heteroatoms. The smallest absolute Gasteiger partial charge is 0.328 e. The second-order valence-corrected chi connectivity index (χ2v) is 7.35. The van der Waals surface area contributed by atoms with Gasteiger partial charge in [-0.05, 0) is 40.7 Å². The van der Waals surface area contributed by atoms with Gasteiger partial charge in [0.05, 0.1) is 13.2 Å². The molecule has 1 saturated heterocycles. The Morgan fingerprint density at radius 2 is 1.55 bits per heavy atom. The lowest BCUT2D eigenvalue weighted by Gasteiger charge is -2.26. The first kappa shape index (κ1) is 22.5. The molecule has 2 aromatic rings. The highest BCUT2D eigenvalue weighted by atomic mass is 16.5. The molecule has 31 heavy (non-hydrogen) atoms. The number of ether oxygens (including phenoxy) is 1. The number of allylic oxidation sites excluding steroid dienone is 1. The van der Waals surface area contributed by atoms with Gasteiger partial charge in [-0.1, -0.05) is 54.6 Å². The van der Waals surface area contributed by atoms with Crippen molar-refractivity contribution >= 4 is 17.5 Å². The summed E-state index contributed by atoms with van der Waals surface area (Å²) in [4.78, 5) is 21.6. The van der Waals surface area contributed by atoms with E-state index in [1.165, 1.54) is 27.8 Å². The fourth-order valence-corrected chi connectivity index (χ4v) is 3.81. The maximum Gasteiger partial charge on any atom is 0.328 e. The van der Waals surface area contributed by atoms with Crippen molar-refractivity contribution in [3.8, 4) is 11.1 Å². The highest BCUT2D eigenvalue weighted by Crippen LogP contribution is 2.36. The van der Waals surface area contributed by atoms with E-state index in [9.17, 15) is 9.59 Å². The van der Waals surface area contributed by atoms with Crippen molar-refractivity contribution in [1.29, 1.82) is 0 Å². The summed E-state index contributed by atoms with van der Waals surface area (Å²) in [5.74, 6) is -2.51. The lowest BCUT2D eigenvalue weighted by molar-refractivity contribution is -0.134. The van der Waals surface area contributed by atoms with Crippen LogP contribution in [-0.2, 0) is 20.7 Å². The number of morpholine rings is 1. The second-order valence-electron chi connectivity index (χ2n) is 7.35. The topological polar surface area (TPSA) is 87.1 Å². The Kier molecular flexibility index (Phi) is 8.15. The van der Waals surface area contributed by atoms with Crippen LogP contribution in [0.5, 0.6) is 0 Å². The van der Waals surface area contributed by atoms with Gasteiger partial charge < -0.3 is 14.9 Å². The number of carboxylic acid groups (broad SMARTS) is 2. The Labute approximate surface area is 182 Å². The molecular weight excluding hydrogens is 394 g/mol. The maximum atomic E-state index is 9.55. The summed E-state index contributed by atoms with van der Waals surface area (Å²) in [6.07, 6.45) is 5.76. The van der Waals surface area contributed by atoms with E-state index >= 15 is 0 Å². The van der Waals surface area contributed by atoms with Crippen LogP contribution in [0.25, 0.3) is 16.7 Å². The number of nitrogens with zero attached hydrogens (tertiary/aromatic N) is 1. The predicted molar refractivity (Wildman–Crippen MR) is 120 cm³/mol. The molecule has 6 nitrogen and oxygen atoms in total. The summed E-state index contributed by atoms with van der Waals surface area (Å²) in [5.41, 5.74) is 7.19. The minimum atomic E-state index is -1.26. The summed E-state index contributed by atoms with van der Waals surface area (Å²) < 4.78 is 5.44. The monoisotopic (exact) mass is 421 g/mol. The van der Waals surface area contributed by atoms with Crippen LogP contribution in [0.2, 0.25) is 0 Å². The van der Waals surface area contributed by atoms with Gasteiger partial charge in [0.1, 0.15) is 0 Å². The molecule has 1 aliphatic heterocycles. The van der Waals surface area contributed by atoms with E-state index in [4.69, 9.17) is 14.9 Å². The molecule has 0 radical (unpaired) electrons. The van der Waals surface area contributed by atoms with E-state index in [0.717, 1.165) is 45.7 Å². The Balaban J connectivity index is 0.000000293. The summed E-state index contributed by atoms with van der Waals surface area (Å²) in [5, 5.41) is 15.6. The molecule has 0 bridgehead atoms. The molecule has 1 aliphatic carbocycles. The third kappa shape index (κ3) is 6.64. The van der Waals surface area contributed by atoms with Crippen molar-refractivity contribution in [3.05, 3.63) is 77.9 Å². The van der Waals surface area contributed by atoms with E-state index in [2.05, 4.69) is 59.5 Å². The summed E-state index contributed by atoms with van der Waals surface area (Å²) in [7, 11) is 0. The molecule has 0 aromatic heterocycles. The molecule has 0 spiro atoms. The van der Waals surface area contributed by atoms with E-state index < -0.39 is 11.9 Å². The van der Waals surface area contributed by atoms with Crippen LogP contribution in [-0.4, -0.2) is 59.9 Å². The Morgan fingerprint density at radius 1 is 0.903 bits per heavy atom. The van der Waals surface area contributed by atoms with Crippen molar-refractivity contribution < 1.29 is 24.5 Å². The minimum Gasteiger partial charge on any atom is -0.478 e. The number of fused-ring (bicyclic) bond motifs is 1. The van der Waals surface area contributed by atoms with Gasteiger partial charge in [0.15, 0.2) is 0 Å². The zero-order valence-corrected chi connectivity index (χ0v) is 17.4. The predicted octanol–water partition coefficient (Wildman–Crippen LogP) is 3.73. The lowest BCUT2D eigenvalue weighted by atomic mass is 9.94. The Hall–Kier alpha value is -3.22. The fourth-order valence-electron chi connectivity index (χ4n) is 3.81. The normalized spacial score (nSPS) is 15.7. The molecule has 162 valence electrons. The first-order chi connectivity index (χ1) is 15.0. The van der Waals surface area contributed by atoms with E-state index in [1.807, 2.05) is 0 Å². The van der Waals surface area contributed by atoms with Gasteiger partial charge in [0.25, 0.3) is 0 Å². The van der Waals surface area contributed by atoms with Gasteiger partial charge in [-0.2, -0.15) is 0 Å². The Morgan fingerprint density at radius 3 is 2.19 bits per heavy atom. The highest BCUT2D eigenvalue weighted by Gasteiger charge is 2.19. The van der Waals surface area contributed by atoms with Gasteiger partial charge in [0.2, 0.25) is 0 Å². The van der Waals surface area contributed by atoms with Crippen molar-refractivity contribution in [2.45, 2.75) is 12.8 Å². The van der Waals surface area contributed by atoms with E-state index in [1.54, 1.807) is 0 Å². The van der Waals surface area contributed by atoms with Crippen molar-refractivity contribution in [1.82, 2.24) is 4.90 Å². The molecule has 0 saturated carbocycles. The molecule has 2 aromatic carbocycles. The van der Waals surface area contributed by atoms with Crippen LogP contribution in [0.4, 0.5) is 0 Å². The molecule has 1 fully saturated rings. The van der Waals surface area contributed by atoms with Crippen LogP contribution < -0.4 is 0 Å². The number of hydrogen-bond acceptors (Lipinski definition) is 4. The number of benzene rings is 2. The SMILES string of the molecule is C1=C(CCN2CCOCC2)c2cccc(-c3ccccc3)c2C1.O=C(O)C=CC(=O)O. The van der Waals surface area contributed by atoms with Gasteiger partial charge in [-0.3, -0.25) is 4.90 Å². The van der Waals surface area contributed by atoms with Gasteiger partial charge in [-0.15, -0.1) is 0 Å². The van der Waals surface area contributed by atoms with Crippen LogP contribution in [0, 0.1) is 0 Å². The molecule has 0 amide bonds. The number of rotatable bonds is 6. The quantitative estimate of drug-likeness (QED) is 0.691. The third-order valence-corrected chi connectivity index (χ3v) is 5.33. The van der Waals surface area contributed by atoms with Crippen molar-refractivity contribution in [3.63, 3.8) is 0 Å². The number of carbonyl (C=O) groups is 2. The summed E-state index contributed by atoms with van der Waals surface area (Å²) in [6.45, 7) is 5.06. The molecule has 0 unspecified atom stereocenters. The average molecular weight is 421 g/mol. The largest absolute Gasteiger partial charge is 0.478 e. The number of aliphatic carboxylic acids is 2. The van der Waals surface area contributed by atoms with Gasteiger partial charge in [-0.25, -0.2) is 9.59 Å². The van der Waals surface area contributed by atoms with E-state index in [0.29, 0.717) is 12.2 Å². The summed E-state index contributed by atoms with van der Waals surface area (Å²) >= 11 is 0. The zero-order chi connectivity index (χ0) is 22.1. The number of hydrogen-bond donors (Lipinski definition) is 2. The molecule has 4 rings (SSSR count). The van der Waals surface area contributed by atoms with Crippen LogP contribution in [0.1, 0.15) is 17.5 Å². The second kappa shape index (κ2) is 11.2. The van der Waals surface area contributed by atoms with Crippen molar-refractivity contribution in [2.24, 2.45) is 0 Å². The molecule has 1 heterocycles. The van der Waals surface area contributed by atoms with Crippen molar-refractivity contribution in [2.75, 3.05) is 32.8 Å². The molecule has 0 atom stereocenters. The van der Waals surface area contributed by atoms with E-state index in [-0.39, 0.29) is 0 Å². The van der Waals surface area contributed by atoms with Crippen LogP contribution in [0.15, 0.2) is 66.8 Å². The lowest BCUT2D eigenvalue weighted by Crippen LogP contribution is -2.36. The molecule has 2 aliphatic rings. The van der Waals surface area contributed by atoms with Crippen LogP contribution >= 0.6 is 0 Å². The molecular formula is C25H27NO5. The first-order valence-electron chi connectivity index (χ1n) is 10.4. The van der Waals surface area contributed by atoms with Gasteiger partial charge >= 0.3 is 11.9 Å².